The summed E-state index contributed by atoms with van der Waals surface area (Å²) < 4.78 is 0. The van der Waals surface area contributed by atoms with Crippen LogP contribution >= 0.6 is 0 Å². The SMILES string of the molecule is CNCC1(CN2CCN(C(C)C)CC2)CCCC1. The normalized spacial score (nSPS) is 26.0. The van der Waals surface area contributed by atoms with Gasteiger partial charge in [0, 0.05) is 45.3 Å². The van der Waals surface area contributed by atoms with E-state index in [9.17, 15) is 0 Å². The lowest BCUT2D eigenvalue weighted by molar-refractivity contribution is 0.0718. The average molecular weight is 253 g/mol. The van der Waals surface area contributed by atoms with E-state index >= 15 is 0 Å². The molecule has 1 N–H and O–H groups in total. The molecule has 0 amide bonds. The number of nitrogens with zero attached hydrogens (tertiary/aromatic N) is 2. The summed E-state index contributed by atoms with van der Waals surface area (Å²) in [5.41, 5.74) is 0.578. The number of piperazine rings is 1. The molecule has 0 spiro atoms. The summed E-state index contributed by atoms with van der Waals surface area (Å²) in [5, 5.41) is 3.43. The standard InChI is InChI=1S/C15H31N3/c1-14(2)18-10-8-17(9-11-18)13-15(12-16-3)6-4-5-7-15/h14,16H,4-13H2,1-3H3. The lowest BCUT2D eigenvalue weighted by Crippen LogP contribution is -2.52. The summed E-state index contributed by atoms with van der Waals surface area (Å²) in [7, 11) is 2.11. The molecule has 2 fully saturated rings. The smallest absolute Gasteiger partial charge is 0.0113 e. The van der Waals surface area contributed by atoms with Crippen LogP contribution in [0, 0.1) is 5.41 Å². The Kier molecular flexibility index (Phi) is 5.05. The van der Waals surface area contributed by atoms with Crippen molar-refractivity contribution in [2.45, 2.75) is 45.6 Å². The van der Waals surface area contributed by atoms with Crippen molar-refractivity contribution in [2.75, 3.05) is 46.3 Å². The first-order valence-corrected chi connectivity index (χ1v) is 7.76. The molecule has 1 heterocycles. The van der Waals surface area contributed by atoms with Crippen molar-refractivity contribution in [3.63, 3.8) is 0 Å². The highest BCUT2D eigenvalue weighted by Crippen LogP contribution is 2.38. The second-order valence-corrected chi connectivity index (χ2v) is 6.64. The third-order valence-electron chi connectivity index (χ3n) is 4.91. The fraction of sp³-hybridized carbons (Fsp3) is 1.00. The second-order valence-electron chi connectivity index (χ2n) is 6.64. The topological polar surface area (TPSA) is 18.5 Å². The predicted molar refractivity (Wildman–Crippen MR) is 78.0 cm³/mol. The van der Waals surface area contributed by atoms with Crippen LogP contribution in [0.15, 0.2) is 0 Å². The van der Waals surface area contributed by atoms with Crippen LogP contribution in [0.3, 0.4) is 0 Å². The summed E-state index contributed by atoms with van der Waals surface area (Å²) in [6, 6.07) is 0.713. The van der Waals surface area contributed by atoms with Gasteiger partial charge in [-0.25, -0.2) is 0 Å². The lowest BCUT2D eigenvalue weighted by atomic mass is 9.85. The van der Waals surface area contributed by atoms with E-state index in [1.165, 1.54) is 65.0 Å². The first-order valence-electron chi connectivity index (χ1n) is 7.76. The molecular weight excluding hydrogens is 222 g/mol. The molecule has 1 saturated heterocycles. The molecule has 0 radical (unpaired) electrons. The van der Waals surface area contributed by atoms with E-state index in [2.05, 4.69) is 36.0 Å². The maximum atomic E-state index is 3.43. The number of nitrogens with one attached hydrogen (secondary N) is 1. The van der Waals surface area contributed by atoms with E-state index < -0.39 is 0 Å². The Bertz CT molecular complexity index is 238. The molecule has 3 nitrogen and oxygen atoms in total. The zero-order valence-corrected chi connectivity index (χ0v) is 12.5. The fourth-order valence-corrected chi connectivity index (χ4v) is 3.80. The third-order valence-corrected chi connectivity index (χ3v) is 4.91. The van der Waals surface area contributed by atoms with Crippen LogP contribution in [0.4, 0.5) is 0 Å². The van der Waals surface area contributed by atoms with Crippen LogP contribution < -0.4 is 5.32 Å². The Morgan fingerprint density at radius 1 is 1.06 bits per heavy atom. The quantitative estimate of drug-likeness (QED) is 0.806. The molecule has 1 saturated carbocycles. The molecular formula is C15H31N3. The van der Waals surface area contributed by atoms with Crippen LogP contribution in [0.25, 0.3) is 0 Å². The van der Waals surface area contributed by atoms with Crippen molar-refractivity contribution in [3.8, 4) is 0 Å². The van der Waals surface area contributed by atoms with Gasteiger partial charge < -0.3 is 10.2 Å². The van der Waals surface area contributed by atoms with Gasteiger partial charge in [0.2, 0.25) is 0 Å². The van der Waals surface area contributed by atoms with Gasteiger partial charge in [-0.05, 0) is 39.2 Å². The summed E-state index contributed by atoms with van der Waals surface area (Å²) in [6.07, 6.45) is 5.73. The van der Waals surface area contributed by atoms with Crippen molar-refractivity contribution < 1.29 is 0 Å². The average Bonchev–Trinajstić information content (AvgIpc) is 2.79. The molecule has 0 bridgehead atoms. The number of rotatable bonds is 5. The molecule has 2 rings (SSSR count). The van der Waals surface area contributed by atoms with E-state index in [-0.39, 0.29) is 0 Å². The molecule has 0 aromatic carbocycles. The van der Waals surface area contributed by atoms with Crippen LogP contribution in [0.1, 0.15) is 39.5 Å². The van der Waals surface area contributed by atoms with Gasteiger partial charge in [-0.3, -0.25) is 4.90 Å². The zero-order valence-electron chi connectivity index (χ0n) is 12.5. The van der Waals surface area contributed by atoms with Crippen molar-refractivity contribution in [3.05, 3.63) is 0 Å². The van der Waals surface area contributed by atoms with Crippen LogP contribution in [-0.2, 0) is 0 Å². The largest absolute Gasteiger partial charge is 0.319 e. The molecule has 2 aliphatic rings. The maximum Gasteiger partial charge on any atom is 0.0113 e. The Morgan fingerprint density at radius 2 is 1.67 bits per heavy atom. The van der Waals surface area contributed by atoms with Gasteiger partial charge >= 0.3 is 0 Å². The van der Waals surface area contributed by atoms with E-state index in [1.807, 2.05) is 0 Å². The molecule has 3 heteroatoms. The molecule has 1 aliphatic carbocycles. The monoisotopic (exact) mass is 253 g/mol. The van der Waals surface area contributed by atoms with Crippen LogP contribution in [0.2, 0.25) is 0 Å². The van der Waals surface area contributed by atoms with Crippen LogP contribution in [-0.4, -0.2) is 62.2 Å². The van der Waals surface area contributed by atoms with Gasteiger partial charge in [0.1, 0.15) is 0 Å². The molecule has 0 atom stereocenters. The van der Waals surface area contributed by atoms with E-state index in [0.717, 1.165) is 0 Å². The van der Waals surface area contributed by atoms with Crippen molar-refractivity contribution in [2.24, 2.45) is 5.41 Å². The lowest BCUT2D eigenvalue weighted by Gasteiger charge is -2.41. The highest BCUT2D eigenvalue weighted by molar-refractivity contribution is 4.90. The molecule has 1 aliphatic heterocycles. The fourth-order valence-electron chi connectivity index (χ4n) is 3.80. The van der Waals surface area contributed by atoms with E-state index in [0.29, 0.717) is 11.5 Å². The number of hydrogen-bond acceptors (Lipinski definition) is 3. The molecule has 0 aromatic heterocycles. The zero-order chi connectivity index (χ0) is 13.0. The molecule has 18 heavy (non-hydrogen) atoms. The minimum absolute atomic E-state index is 0.578. The highest BCUT2D eigenvalue weighted by Gasteiger charge is 2.35. The molecule has 106 valence electrons. The Balaban J connectivity index is 1.82. The van der Waals surface area contributed by atoms with Gasteiger partial charge in [-0.15, -0.1) is 0 Å². The van der Waals surface area contributed by atoms with Crippen molar-refractivity contribution in [1.29, 1.82) is 0 Å². The van der Waals surface area contributed by atoms with Crippen molar-refractivity contribution >= 4 is 0 Å². The summed E-state index contributed by atoms with van der Waals surface area (Å²) in [6.45, 7) is 12.2. The summed E-state index contributed by atoms with van der Waals surface area (Å²) in [4.78, 5) is 5.32. The molecule has 0 unspecified atom stereocenters. The van der Waals surface area contributed by atoms with E-state index in [1.54, 1.807) is 0 Å². The van der Waals surface area contributed by atoms with Gasteiger partial charge in [-0.2, -0.15) is 0 Å². The second kappa shape index (κ2) is 6.36. The highest BCUT2D eigenvalue weighted by atomic mass is 15.3. The Labute approximate surface area is 113 Å². The van der Waals surface area contributed by atoms with Crippen molar-refractivity contribution in [1.82, 2.24) is 15.1 Å². The van der Waals surface area contributed by atoms with Gasteiger partial charge in [0.25, 0.3) is 0 Å². The summed E-state index contributed by atoms with van der Waals surface area (Å²) in [5.74, 6) is 0. The minimum atomic E-state index is 0.578. The third kappa shape index (κ3) is 3.46. The Hall–Kier alpha value is -0.120. The first kappa shape index (κ1) is 14.3. The predicted octanol–water partition coefficient (Wildman–Crippen LogP) is 1.79. The number of hydrogen-bond donors (Lipinski definition) is 1. The molecule has 0 aromatic rings. The van der Waals surface area contributed by atoms with Gasteiger partial charge in [-0.1, -0.05) is 12.8 Å². The first-order chi connectivity index (χ1) is 8.65. The Morgan fingerprint density at radius 3 is 2.17 bits per heavy atom. The summed E-state index contributed by atoms with van der Waals surface area (Å²) >= 11 is 0. The van der Waals surface area contributed by atoms with E-state index in [4.69, 9.17) is 0 Å². The van der Waals surface area contributed by atoms with Gasteiger partial charge in [0.15, 0.2) is 0 Å². The van der Waals surface area contributed by atoms with Gasteiger partial charge in [0.05, 0.1) is 0 Å². The minimum Gasteiger partial charge on any atom is -0.319 e. The maximum absolute atomic E-state index is 3.43. The van der Waals surface area contributed by atoms with Crippen LogP contribution in [0.5, 0.6) is 0 Å².